The highest BCUT2D eigenvalue weighted by atomic mass is 32.1. The van der Waals surface area contributed by atoms with Crippen molar-refractivity contribution in [3.05, 3.63) is 78.3 Å². The third-order valence-corrected chi connectivity index (χ3v) is 5.71. The van der Waals surface area contributed by atoms with Crippen molar-refractivity contribution in [1.29, 1.82) is 0 Å². The number of fused-ring (bicyclic) bond motifs is 1. The molecule has 6 heteroatoms. The lowest BCUT2D eigenvalue weighted by molar-refractivity contribution is 0.415. The first kappa shape index (κ1) is 16.1. The highest BCUT2D eigenvalue weighted by Gasteiger charge is 2.33. The summed E-state index contributed by atoms with van der Waals surface area (Å²) in [6.07, 6.45) is 2.47. The molecule has 4 aromatic rings. The minimum Gasteiger partial charge on any atom is -0.497 e. The van der Waals surface area contributed by atoms with E-state index in [0.717, 1.165) is 44.6 Å². The molecule has 1 atom stereocenters. The van der Waals surface area contributed by atoms with Gasteiger partial charge in [0.05, 0.1) is 29.3 Å². The fraction of sp³-hybridized carbons (Fsp3) is 0.143. The highest BCUT2D eigenvalue weighted by molar-refractivity contribution is 7.22. The molecule has 5 rings (SSSR count). The molecular formula is C21H17N3O2S. The smallest absolute Gasteiger partial charge is 0.207 e. The van der Waals surface area contributed by atoms with Crippen LogP contribution in [0.1, 0.15) is 23.8 Å². The summed E-state index contributed by atoms with van der Waals surface area (Å²) in [6, 6.07) is 20.1. The molecule has 0 spiro atoms. The number of hydrazone groups is 1. The molecule has 0 N–H and O–H groups in total. The highest BCUT2D eigenvalue weighted by Crippen LogP contribution is 2.40. The SMILES string of the molecule is COc1ccc(C2=NN(c3nc4ccccc4s3)C(c3ccco3)C2)cc1. The van der Waals surface area contributed by atoms with Crippen molar-refractivity contribution in [3.63, 3.8) is 0 Å². The van der Waals surface area contributed by atoms with Crippen LogP contribution in [0.15, 0.2) is 76.4 Å². The van der Waals surface area contributed by atoms with E-state index in [9.17, 15) is 0 Å². The second-order valence-corrected chi connectivity index (χ2v) is 7.33. The summed E-state index contributed by atoms with van der Waals surface area (Å²) in [5, 5.41) is 7.78. The number of furan rings is 1. The number of hydrogen-bond acceptors (Lipinski definition) is 6. The molecule has 5 nitrogen and oxygen atoms in total. The first-order valence-electron chi connectivity index (χ1n) is 8.72. The molecule has 134 valence electrons. The minimum absolute atomic E-state index is 0.00216. The van der Waals surface area contributed by atoms with Gasteiger partial charge in [-0.1, -0.05) is 23.5 Å². The third kappa shape index (κ3) is 2.88. The van der Waals surface area contributed by atoms with Crippen molar-refractivity contribution < 1.29 is 9.15 Å². The van der Waals surface area contributed by atoms with Gasteiger partial charge in [-0.05, 0) is 54.1 Å². The lowest BCUT2D eigenvalue weighted by Gasteiger charge is -2.18. The molecule has 0 fully saturated rings. The standard InChI is InChI=1S/C21H17N3O2S/c1-25-15-10-8-14(9-11-15)17-13-18(19-6-4-12-26-19)24(23-17)21-22-16-5-2-3-7-20(16)27-21/h2-12,18H,13H2,1H3. The number of rotatable bonds is 4. The molecule has 0 aliphatic carbocycles. The third-order valence-electron chi connectivity index (χ3n) is 4.68. The number of anilines is 1. The molecule has 0 radical (unpaired) electrons. The fourth-order valence-electron chi connectivity index (χ4n) is 3.31. The maximum atomic E-state index is 5.71. The summed E-state index contributed by atoms with van der Waals surface area (Å²) in [4.78, 5) is 4.79. The summed E-state index contributed by atoms with van der Waals surface area (Å²) in [6.45, 7) is 0. The van der Waals surface area contributed by atoms with E-state index in [0.29, 0.717) is 0 Å². The van der Waals surface area contributed by atoms with Crippen molar-refractivity contribution in [2.24, 2.45) is 5.10 Å². The molecule has 0 saturated heterocycles. The molecule has 0 amide bonds. The maximum absolute atomic E-state index is 5.71. The number of ether oxygens (including phenoxy) is 1. The lowest BCUT2D eigenvalue weighted by atomic mass is 10.0. The van der Waals surface area contributed by atoms with Gasteiger partial charge in [-0.25, -0.2) is 9.99 Å². The zero-order chi connectivity index (χ0) is 18.2. The van der Waals surface area contributed by atoms with Gasteiger partial charge in [0.25, 0.3) is 0 Å². The Hall–Kier alpha value is -3.12. The van der Waals surface area contributed by atoms with Crippen LogP contribution in [0.3, 0.4) is 0 Å². The van der Waals surface area contributed by atoms with Crippen LogP contribution in [-0.2, 0) is 0 Å². The van der Waals surface area contributed by atoms with Gasteiger partial charge in [0.1, 0.15) is 17.6 Å². The number of methoxy groups -OCH3 is 1. The summed E-state index contributed by atoms with van der Waals surface area (Å²) in [5.74, 6) is 1.73. The van der Waals surface area contributed by atoms with E-state index in [1.807, 2.05) is 59.6 Å². The first-order chi connectivity index (χ1) is 13.3. The topological polar surface area (TPSA) is 50.9 Å². The van der Waals surface area contributed by atoms with Crippen LogP contribution in [0, 0.1) is 0 Å². The van der Waals surface area contributed by atoms with E-state index in [1.54, 1.807) is 24.7 Å². The van der Waals surface area contributed by atoms with Crippen LogP contribution in [0.5, 0.6) is 5.75 Å². The molecule has 2 aromatic heterocycles. The van der Waals surface area contributed by atoms with Crippen LogP contribution >= 0.6 is 11.3 Å². The largest absolute Gasteiger partial charge is 0.497 e. The Morgan fingerprint density at radius 3 is 2.67 bits per heavy atom. The van der Waals surface area contributed by atoms with Crippen LogP contribution in [0.25, 0.3) is 10.2 Å². The van der Waals surface area contributed by atoms with Gasteiger partial charge < -0.3 is 9.15 Å². The number of thiazole rings is 1. The summed E-state index contributed by atoms with van der Waals surface area (Å²) in [5.41, 5.74) is 3.08. The quantitative estimate of drug-likeness (QED) is 0.489. The number of hydrogen-bond donors (Lipinski definition) is 0. The van der Waals surface area contributed by atoms with Crippen LogP contribution in [0.4, 0.5) is 5.13 Å². The average Bonchev–Trinajstić information content (AvgIpc) is 3.46. The van der Waals surface area contributed by atoms with Gasteiger partial charge in [-0.2, -0.15) is 5.10 Å². The molecule has 27 heavy (non-hydrogen) atoms. The van der Waals surface area contributed by atoms with E-state index < -0.39 is 0 Å². The van der Waals surface area contributed by atoms with E-state index in [4.69, 9.17) is 19.2 Å². The van der Waals surface area contributed by atoms with Crippen molar-refractivity contribution in [2.75, 3.05) is 12.1 Å². The Bertz CT molecular complexity index is 1070. The van der Waals surface area contributed by atoms with Gasteiger partial charge in [-0.15, -0.1) is 0 Å². The van der Waals surface area contributed by atoms with Crippen LogP contribution in [0.2, 0.25) is 0 Å². The zero-order valence-electron chi connectivity index (χ0n) is 14.7. The predicted octanol–water partition coefficient (Wildman–Crippen LogP) is 5.25. The van der Waals surface area contributed by atoms with E-state index in [-0.39, 0.29) is 6.04 Å². The molecule has 0 bridgehead atoms. The normalized spacial score (nSPS) is 16.7. The number of benzene rings is 2. The van der Waals surface area contributed by atoms with Gasteiger partial charge in [0.15, 0.2) is 0 Å². The Labute approximate surface area is 160 Å². The van der Waals surface area contributed by atoms with Crippen LogP contribution < -0.4 is 9.75 Å². The van der Waals surface area contributed by atoms with Gasteiger partial charge in [0, 0.05) is 6.42 Å². The Morgan fingerprint density at radius 2 is 1.93 bits per heavy atom. The molecule has 2 aromatic carbocycles. The molecule has 1 aliphatic heterocycles. The summed E-state index contributed by atoms with van der Waals surface area (Å²) in [7, 11) is 1.67. The maximum Gasteiger partial charge on any atom is 0.207 e. The summed E-state index contributed by atoms with van der Waals surface area (Å²) >= 11 is 1.64. The van der Waals surface area contributed by atoms with Gasteiger partial charge in [-0.3, -0.25) is 0 Å². The molecule has 3 heterocycles. The average molecular weight is 375 g/mol. The van der Waals surface area contributed by atoms with Crippen molar-refractivity contribution in [2.45, 2.75) is 12.5 Å². The summed E-state index contributed by atoms with van der Waals surface area (Å²) < 4.78 is 12.1. The Balaban J connectivity index is 1.56. The monoisotopic (exact) mass is 375 g/mol. The second kappa shape index (κ2) is 6.55. The Morgan fingerprint density at radius 1 is 1.07 bits per heavy atom. The van der Waals surface area contributed by atoms with Gasteiger partial charge in [0.2, 0.25) is 5.13 Å². The van der Waals surface area contributed by atoms with Crippen molar-refractivity contribution >= 4 is 32.4 Å². The zero-order valence-corrected chi connectivity index (χ0v) is 15.5. The van der Waals surface area contributed by atoms with E-state index >= 15 is 0 Å². The molecule has 1 unspecified atom stereocenters. The van der Waals surface area contributed by atoms with Gasteiger partial charge >= 0.3 is 0 Å². The van der Waals surface area contributed by atoms with E-state index in [1.165, 1.54) is 0 Å². The van der Waals surface area contributed by atoms with Crippen molar-refractivity contribution in [3.8, 4) is 5.75 Å². The molecular weight excluding hydrogens is 358 g/mol. The lowest BCUT2D eigenvalue weighted by Crippen LogP contribution is -2.17. The van der Waals surface area contributed by atoms with Crippen LogP contribution in [-0.4, -0.2) is 17.8 Å². The minimum atomic E-state index is -0.00216. The Kier molecular flexibility index (Phi) is 3.90. The predicted molar refractivity (Wildman–Crippen MR) is 108 cm³/mol. The number of aromatic nitrogens is 1. The number of nitrogens with zero attached hydrogens (tertiary/aromatic N) is 3. The number of para-hydroxylation sites is 1. The fourth-order valence-corrected chi connectivity index (χ4v) is 4.27. The van der Waals surface area contributed by atoms with Crippen molar-refractivity contribution in [1.82, 2.24) is 4.98 Å². The second-order valence-electron chi connectivity index (χ2n) is 6.32. The van der Waals surface area contributed by atoms with E-state index in [2.05, 4.69) is 6.07 Å². The molecule has 0 saturated carbocycles. The molecule has 1 aliphatic rings. The first-order valence-corrected chi connectivity index (χ1v) is 9.53.